The molecule has 7 nitrogen and oxygen atoms in total. The number of rotatable bonds is 3. The maximum absolute atomic E-state index is 12.3. The second kappa shape index (κ2) is 6.20. The van der Waals surface area contributed by atoms with E-state index in [9.17, 15) is 13.2 Å². The van der Waals surface area contributed by atoms with Gasteiger partial charge < -0.3 is 9.80 Å². The lowest BCUT2D eigenvalue weighted by molar-refractivity contribution is -0.132. The van der Waals surface area contributed by atoms with Crippen molar-refractivity contribution in [1.82, 2.24) is 14.9 Å². The minimum Gasteiger partial charge on any atom is -0.339 e. The zero-order valence-corrected chi connectivity index (χ0v) is 13.2. The summed E-state index contributed by atoms with van der Waals surface area (Å²) in [5, 5.41) is 0. The number of anilines is 1. The Morgan fingerprint density at radius 1 is 1.18 bits per heavy atom. The first-order valence-electron chi connectivity index (χ1n) is 7.54. The summed E-state index contributed by atoms with van der Waals surface area (Å²) in [6.45, 7) is 2.69. The highest BCUT2D eigenvalue weighted by Gasteiger charge is 2.31. The summed E-state index contributed by atoms with van der Waals surface area (Å²) >= 11 is 0. The molecule has 1 atom stereocenters. The summed E-state index contributed by atoms with van der Waals surface area (Å²) in [4.78, 5) is 24.6. The van der Waals surface area contributed by atoms with Gasteiger partial charge in [0.25, 0.3) is 0 Å². The Labute approximate surface area is 130 Å². The largest absolute Gasteiger partial charge is 0.339 e. The summed E-state index contributed by atoms with van der Waals surface area (Å²) in [5.74, 6) is 1.14. The van der Waals surface area contributed by atoms with E-state index in [-0.39, 0.29) is 23.3 Å². The molecule has 1 unspecified atom stereocenters. The van der Waals surface area contributed by atoms with E-state index in [2.05, 4.69) is 14.9 Å². The molecule has 2 aliphatic rings. The summed E-state index contributed by atoms with van der Waals surface area (Å²) in [6.07, 6.45) is 4.38. The van der Waals surface area contributed by atoms with Crippen LogP contribution in [0.25, 0.3) is 0 Å². The predicted molar refractivity (Wildman–Crippen MR) is 82.2 cm³/mol. The fourth-order valence-corrected chi connectivity index (χ4v) is 4.88. The van der Waals surface area contributed by atoms with Crippen molar-refractivity contribution in [3.63, 3.8) is 0 Å². The highest BCUT2D eigenvalue weighted by atomic mass is 32.2. The van der Waals surface area contributed by atoms with Crippen LogP contribution in [0.3, 0.4) is 0 Å². The van der Waals surface area contributed by atoms with E-state index in [1.54, 1.807) is 18.5 Å². The van der Waals surface area contributed by atoms with Crippen LogP contribution >= 0.6 is 0 Å². The minimum atomic E-state index is -2.91. The number of hydrogen-bond acceptors (Lipinski definition) is 6. The molecule has 2 aliphatic heterocycles. The molecule has 1 aromatic heterocycles. The van der Waals surface area contributed by atoms with Crippen LogP contribution in [-0.2, 0) is 14.6 Å². The Bertz CT molecular complexity index is 627. The molecule has 3 rings (SSSR count). The molecule has 0 saturated carbocycles. The van der Waals surface area contributed by atoms with Gasteiger partial charge in [-0.3, -0.25) is 4.79 Å². The van der Waals surface area contributed by atoms with Gasteiger partial charge in [0.1, 0.15) is 0 Å². The van der Waals surface area contributed by atoms with Crippen LogP contribution in [0.2, 0.25) is 0 Å². The number of carbonyl (C=O) groups is 1. The second-order valence-electron chi connectivity index (χ2n) is 5.89. The van der Waals surface area contributed by atoms with E-state index in [4.69, 9.17) is 0 Å². The predicted octanol–water partition coefficient (Wildman–Crippen LogP) is -0.0500. The van der Waals surface area contributed by atoms with Crippen LogP contribution in [0.4, 0.5) is 5.95 Å². The second-order valence-corrected chi connectivity index (χ2v) is 8.12. The Kier molecular flexibility index (Phi) is 4.28. The van der Waals surface area contributed by atoms with Gasteiger partial charge in [-0.1, -0.05) is 0 Å². The van der Waals surface area contributed by atoms with E-state index in [0.717, 1.165) is 0 Å². The SMILES string of the molecule is O=C(CC1CCS(=O)(=O)C1)N1CCN(c2ncccn2)CC1. The van der Waals surface area contributed by atoms with Crippen LogP contribution in [-0.4, -0.2) is 66.9 Å². The van der Waals surface area contributed by atoms with Gasteiger partial charge in [0.15, 0.2) is 9.84 Å². The van der Waals surface area contributed by atoms with Gasteiger partial charge in [0, 0.05) is 45.0 Å². The Morgan fingerprint density at radius 2 is 1.86 bits per heavy atom. The van der Waals surface area contributed by atoms with Crippen LogP contribution < -0.4 is 4.90 Å². The van der Waals surface area contributed by atoms with Crippen LogP contribution in [0.1, 0.15) is 12.8 Å². The average Bonchev–Trinajstić information content (AvgIpc) is 2.87. The summed E-state index contributed by atoms with van der Waals surface area (Å²) in [7, 11) is -2.91. The zero-order valence-electron chi connectivity index (χ0n) is 12.4. The lowest BCUT2D eigenvalue weighted by Gasteiger charge is -2.35. The molecule has 2 saturated heterocycles. The number of piperazine rings is 1. The van der Waals surface area contributed by atoms with Crippen molar-refractivity contribution in [2.45, 2.75) is 12.8 Å². The van der Waals surface area contributed by atoms with Crippen LogP contribution in [0.15, 0.2) is 18.5 Å². The molecule has 22 heavy (non-hydrogen) atoms. The zero-order chi connectivity index (χ0) is 15.6. The van der Waals surface area contributed by atoms with E-state index in [0.29, 0.717) is 45.0 Å². The Balaban J connectivity index is 1.50. The van der Waals surface area contributed by atoms with Gasteiger partial charge in [-0.2, -0.15) is 0 Å². The molecule has 8 heteroatoms. The third-order valence-electron chi connectivity index (χ3n) is 4.26. The monoisotopic (exact) mass is 324 g/mol. The van der Waals surface area contributed by atoms with Crippen molar-refractivity contribution in [1.29, 1.82) is 0 Å². The lowest BCUT2D eigenvalue weighted by atomic mass is 10.0. The van der Waals surface area contributed by atoms with Gasteiger partial charge in [-0.05, 0) is 18.4 Å². The molecule has 0 spiro atoms. The summed E-state index contributed by atoms with van der Waals surface area (Å²) < 4.78 is 22.9. The first-order chi connectivity index (χ1) is 10.5. The number of sulfone groups is 1. The van der Waals surface area contributed by atoms with Crippen molar-refractivity contribution in [3.05, 3.63) is 18.5 Å². The highest BCUT2D eigenvalue weighted by molar-refractivity contribution is 7.91. The molecule has 2 fully saturated rings. The summed E-state index contributed by atoms with van der Waals surface area (Å²) in [5.41, 5.74) is 0. The molecule has 0 aliphatic carbocycles. The standard InChI is InChI=1S/C14H20N4O3S/c19-13(10-12-2-9-22(20,21)11-12)17-5-7-18(8-6-17)14-15-3-1-4-16-14/h1,3-4,12H,2,5-11H2. The number of aromatic nitrogens is 2. The van der Waals surface area contributed by atoms with E-state index in [1.807, 2.05) is 4.90 Å². The normalized spacial score (nSPS) is 24.5. The van der Waals surface area contributed by atoms with Crippen molar-refractivity contribution in [2.24, 2.45) is 5.92 Å². The van der Waals surface area contributed by atoms with E-state index < -0.39 is 9.84 Å². The quantitative estimate of drug-likeness (QED) is 0.775. The third kappa shape index (κ3) is 3.55. The number of hydrogen-bond donors (Lipinski definition) is 0. The number of amides is 1. The molecule has 0 radical (unpaired) electrons. The van der Waals surface area contributed by atoms with Crippen molar-refractivity contribution >= 4 is 21.7 Å². The van der Waals surface area contributed by atoms with Gasteiger partial charge >= 0.3 is 0 Å². The maximum atomic E-state index is 12.3. The molecule has 0 N–H and O–H groups in total. The number of carbonyl (C=O) groups excluding carboxylic acids is 1. The topological polar surface area (TPSA) is 83.5 Å². The van der Waals surface area contributed by atoms with Gasteiger partial charge in [0.05, 0.1) is 11.5 Å². The van der Waals surface area contributed by atoms with Crippen molar-refractivity contribution < 1.29 is 13.2 Å². The molecular weight excluding hydrogens is 304 g/mol. The summed E-state index contributed by atoms with van der Waals surface area (Å²) in [6, 6.07) is 1.78. The fourth-order valence-electron chi connectivity index (χ4n) is 3.02. The maximum Gasteiger partial charge on any atom is 0.225 e. The minimum absolute atomic E-state index is 0.00649. The Hall–Kier alpha value is -1.70. The lowest BCUT2D eigenvalue weighted by Crippen LogP contribution is -2.49. The smallest absolute Gasteiger partial charge is 0.225 e. The van der Waals surface area contributed by atoms with Gasteiger partial charge in [0.2, 0.25) is 11.9 Å². The molecule has 1 amide bonds. The fraction of sp³-hybridized carbons (Fsp3) is 0.643. The molecule has 120 valence electrons. The van der Waals surface area contributed by atoms with Gasteiger partial charge in [-0.15, -0.1) is 0 Å². The third-order valence-corrected chi connectivity index (χ3v) is 6.09. The molecule has 3 heterocycles. The van der Waals surface area contributed by atoms with Gasteiger partial charge in [-0.25, -0.2) is 18.4 Å². The first-order valence-corrected chi connectivity index (χ1v) is 9.36. The first kappa shape index (κ1) is 15.2. The van der Waals surface area contributed by atoms with Crippen molar-refractivity contribution in [2.75, 3.05) is 42.6 Å². The average molecular weight is 324 g/mol. The van der Waals surface area contributed by atoms with Crippen LogP contribution in [0.5, 0.6) is 0 Å². The Morgan fingerprint density at radius 3 is 2.45 bits per heavy atom. The number of nitrogens with zero attached hydrogens (tertiary/aromatic N) is 4. The van der Waals surface area contributed by atoms with Crippen LogP contribution in [0, 0.1) is 5.92 Å². The molecular formula is C14H20N4O3S. The molecule has 0 aromatic carbocycles. The van der Waals surface area contributed by atoms with Crippen molar-refractivity contribution in [3.8, 4) is 0 Å². The molecule has 0 bridgehead atoms. The highest BCUT2D eigenvalue weighted by Crippen LogP contribution is 2.22. The van der Waals surface area contributed by atoms with E-state index >= 15 is 0 Å². The molecule has 1 aromatic rings. The van der Waals surface area contributed by atoms with E-state index in [1.165, 1.54) is 0 Å².